The largest absolute Gasteiger partial charge is 0.323 e. The quantitative estimate of drug-likeness (QED) is 0.738. The van der Waals surface area contributed by atoms with Crippen molar-refractivity contribution in [2.24, 2.45) is 5.92 Å². The maximum Gasteiger partial charge on any atom is 0.322 e. The summed E-state index contributed by atoms with van der Waals surface area (Å²) >= 11 is 6.36. The van der Waals surface area contributed by atoms with Gasteiger partial charge in [0.15, 0.2) is 0 Å². The number of rotatable bonds is 5. The maximum absolute atomic E-state index is 12.9. The molecule has 4 rings (SSSR count). The predicted molar refractivity (Wildman–Crippen MR) is 114 cm³/mol. The number of imide groups is 1. The molecule has 1 atom stereocenters. The molecule has 3 amide bonds. The molecule has 2 fully saturated rings. The molecule has 2 aromatic carbocycles. The Morgan fingerprint density at radius 3 is 2.52 bits per heavy atom. The predicted octanol–water partition coefficient (Wildman–Crippen LogP) is 3.68. The first kappa shape index (κ1) is 19.9. The Hall–Kier alpha value is -2.37. The third-order valence-corrected chi connectivity index (χ3v) is 6.54. The van der Waals surface area contributed by atoms with Crippen molar-refractivity contribution < 1.29 is 9.59 Å². The summed E-state index contributed by atoms with van der Waals surface area (Å²) in [4.78, 5) is 27.3. The number of carbonyl (C=O) groups is 2. The molecule has 0 aromatic heterocycles. The van der Waals surface area contributed by atoms with E-state index < -0.39 is 11.6 Å². The van der Waals surface area contributed by atoms with Crippen molar-refractivity contribution in [3.8, 4) is 0 Å². The minimum Gasteiger partial charge on any atom is -0.323 e. The van der Waals surface area contributed by atoms with Gasteiger partial charge in [-0.25, -0.2) is 4.79 Å². The Morgan fingerprint density at radius 2 is 1.86 bits per heavy atom. The Balaban J connectivity index is 1.49. The number of aryl methyl sites for hydroxylation is 1. The van der Waals surface area contributed by atoms with Gasteiger partial charge in [0.05, 0.1) is 0 Å². The van der Waals surface area contributed by atoms with Crippen molar-refractivity contribution >= 4 is 23.5 Å². The van der Waals surface area contributed by atoms with Crippen LogP contribution in [-0.4, -0.2) is 35.5 Å². The second kappa shape index (κ2) is 8.17. The number of amides is 3. The van der Waals surface area contributed by atoms with Crippen LogP contribution in [0.25, 0.3) is 0 Å². The molecular weight excluding hydrogens is 386 g/mol. The van der Waals surface area contributed by atoms with Gasteiger partial charge >= 0.3 is 6.03 Å². The summed E-state index contributed by atoms with van der Waals surface area (Å²) in [6, 6.07) is 15.7. The summed E-state index contributed by atoms with van der Waals surface area (Å²) in [6.45, 7) is 4.80. The lowest BCUT2D eigenvalue weighted by atomic mass is 9.74. The molecule has 152 valence electrons. The zero-order valence-corrected chi connectivity index (χ0v) is 17.3. The van der Waals surface area contributed by atoms with Crippen LogP contribution in [0, 0.1) is 12.8 Å². The van der Waals surface area contributed by atoms with Gasteiger partial charge in [-0.05, 0) is 56.0 Å². The van der Waals surface area contributed by atoms with Crippen molar-refractivity contribution in [3.63, 3.8) is 0 Å². The third kappa shape index (κ3) is 4.16. The monoisotopic (exact) mass is 411 g/mol. The molecule has 0 aliphatic carbocycles. The third-order valence-electron chi connectivity index (χ3n) is 6.17. The minimum absolute atomic E-state index is 0.0685. The van der Waals surface area contributed by atoms with E-state index in [1.54, 1.807) is 0 Å². The van der Waals surface area contributed by atoms with E-state index in [0.717, 1.165) is 38.0 Å². The Bertz CT molecular complexity index is 924. The number of likely N-dealkylation sites (tertiary alicyclic amines) is 1. The minimum atomic E-state index is -0.933. The molecular formula is C23H26ClN3O2. The molecule has 0 bridgehead atoms. The lowest BCUT2D eigenvalue weighted by Gasteiger charge is -2.41. The van der Waals surface area contributed by atoms with Gasteiger partial charge in [0.25, 0.3) is 5.91 Å². The number of hydrogen-bond donors (Lipinski definition) is 2. The maximum atomic E-state index is 12.9. The molecule has 0 radical (unpaired) electrons. The van der Waals surface area contributed by atoms with E-state index in [9.17, 15) is 9.59 Å². The molecule has 2 aliphatic rings. The molecule has 2 N–H and O–H groups in total. The van der Waals surface area contributed by atoms with Crippen molar-refractivity contribution in [2.45, 2.75) is 38.3 Å². The molecule has 0 unspecified atom stereocenters. The Kier molecular flexibility index (Phi) is 5.61. The fraction of sp³-hybridized carbons (Fsp3) is 0.391. The van der Waals surface area contributed by atoms with Crippen LogP contribution >= 0.6 is 11.6 Å². The molecule has 2 heterocycles. The Morgan fingerprint density at radius 1 is 1.10 bits per heavy atom. The van der Waals surface area contributed by atoms with Gasteiger partial charge in [-0.1, -0.05) is 59.6 Å². The summed E-state index contributed by atoms with van der Waals surface area (Å²) in [5.74, 6) is -0.168. The fourth-order valence-electron chi connectivity index (χ4n) is 4.66. The molecule has 2 aliphatic heterocycles. The van der Waals surface area contributed by atoms with E-state index in [2.05, 4.69) is 46.7 Å². The second-order valence-electron chi connectivity index (χ2n) is 8.19. The van der Waals surface area contributed by atoms with Crippen LogP contribution in [0.2, 0.25) is 5.02 Å². The van der Waals surface area contributed by atoms with Crippen LogP contribution in [0.5, 0.6) is 0 Å². The van der Waals surface area contributed by atoms with Crippen molar-refractivity contribution in [1.82, 2.24) is 15.5 Å². The first-order valence-electron chi connectivity index (χ1n) is 10.1. The molecule has 0 saturated carbocycles. The van der Waals surface area contributed by atoms with Gasteiger partial charge in [-0.2, -0.15) is 0 Å². The number of nitrogens with zero attached hydrogens (tertiary/aromatic N) is 1. The summed E-state index contributed by atoms with van der Waals surface area (Å²) < 4.78 is 0. The van der Waals surface area contributed by atoms with Gasteiger partial charge in [-0.3, -0.25) is 15.0 Å². The fourth-order valence-corrected chi connectivity index (χ4v) is 4.86. The van der Waals surface area contributed by atoms with Crippen LogP contribution in [0.15, 0.2) is 48.5 Å². The first-order chi connectivity index (χ1) is 14.0. The van der Waals surface area contributed by atoms with Gasteiger partial charge in [0, 0.05) is 18.0 Å². The van der Waals surface area contributed by atoms with Crippen LogP contribution < -0.4 is 10.6 Å². The van der Waals surface area contributed by atoms with E-state index in [1.807, 2.05) is 24.3 Å². The highest BCUT2D eigenvalue weighted by Gasteiger charge is 2.52. The average molecular weight is 412 g/mol. The van der Waals surface area contributed by atoms with Crippen LogP contribution in [-0.2, 0) is 17.8 Å². The summed E-state index contributed by atoms with van der Waals surface area (Å²) in [5.41, 5.74) is 2.52. The first-order valence-corrected chi connectivity index (χ1v) is 10.5. The number of hydrogen-bond acceptors (Lipinski definition) is 3. The van der Waals surface area contributed by atoms with E-state index in [0.29, 0.717) is 11.4 Å². The van der Waals surface area contributed by atoms with Crippen LogP contribution in [0.1, 0.15) is 29.5 Å². The average Bonchev–Trinajstić information content (AvgIpc) is 2.98. The SMILES string of the molecule is Cc1cccc(CN2CCC([C@]3(Cc4ccccc4Cl)NC(=O)NC3=O)CC2)c1. The van der Waals surface area contributed by atoms with Crippen LogP contribution in [0.4, 0.5) is 4.79 Å². The van der Waals surface area contributed by atoms with Gasteiger partial charge in [-0.15, -0.1) is 0 Å². The summed E-state index contributed by atoms with van der Waals surface area (Å²) in [7, 11) is 0. The Labute approximate surface area is 176 Å². The van der Waals surface area contributed by atoms with Crippen molar-refractivity contribution in [1.29, 1.82) is 0 Å². The second-order valence-corrected chi connectivity index (χ2v) is 8.59. The normalized spacial score (nSPS) is 23.1. The highest BCUT2D eigenvalue weighted by atomic mass is 35.5. The van der Waals surface area contributed by atoms with Crippen LogP contribution in [0.3, 0.4) is 0 Å². The highest BCUT2D eigenvalue weighted by molar-refractivity contribution is 6.31. The number of piperidine rings is 1. The van der Waals surface area contributed by atoms with Crippen molar-refractivity contribution in [2.75, 3.05) is 13.1 Å². The lowest BCUT2D eigenvalue weighted by Crippen LogP contribution is -2.57. The molecule has 29 heavy (non-hydrogen) atoms. The zero-order valence-electron chi connectivity index (χ0n) is 16.6. The number of urea groups is 1. The van der Waals surface area contributed by atoms with Gasteiger partial charge in [0.1, 0.15) is 5.54 Å². The molecule has 0 spiro atoms. The smallest absolute Gasteiger partial charge is 0.322 e. The van der Waals surface area contributed by atoms with E-state index in [4.69, 9.17) is 11.6 Å². The van der Waals surface area contributed by atoms with Gasteiger partial charge < -0.3 is 5.32 Å². The topological polar surface area (TPSA) is 61.4 Å². The zero-order chi connectivity index (χ0) is 20.4. The number of benzene rings is 2. The van der Waals surface area contributed by atoms with Crippen molar-refractivity contribution in [3.05, 3.63) is 70.2 Å². The van der Waals surface area contributed by atoms with E-state index in [1.165, 1.54) is 11.1 Å². The number of carbonyl (C=O) groups excluding carboxylic acids is 2. The standard InChI is InChI=1S/C23H26ClN3O2/c1-16-5-4-6-17(13-16)15-27-11-9-19(10-12-27)23(21(28)25-22(29)26-23)14-18-7-2-3-8-20(18)24/h2-8,13,19H,9-12,14-15H2,1H3,(H2,25,26,28,29)/t23-/m0/s1. The van der Waals surface area contributed by atoms with E-state index in [-0.39, 0.29) is 11.8 Å². The summed E-state index contributed by atoms with van der Waals surface area (Å²) in [5, 5.41) is 6.04. The van der Waals surface area contributed by atoms with E-state index >= 15 is 0 Å². The molecule has 2 saturated heterocycles. The summed E-state index contributed by atoms with van der Waals surface area (Å²) in [6.07, 6.45) is 2.11. The lowest BCUT2D eigenvalue weighted by molar-refractivity contribution is -0.126. The highest BCUT2D eigenvalue weighted by Crippen LogP contribution is 2.35. The number of nitrogens with one attached hydrogen (secondary N) is 2. The molecule has 5 nitrogen and oxygen atoms in total. The molecule has 2 aromatic rings. The van der Waals surface area contributed by atoms with Gasteiger partial charge in [0.2, 0.25) is 0 Å². The number of halogens is 1. The molecule has 6 heteroatoms.